The molecule has 0 fully saturated rings. The third-order valence-electron chi connectivity index (χ3n) is 1.27. The van der Waals surface area contributed by atoms with Crippen molar-refractivity contribution in [3.8, 4) is 0 Å². The summed E-state index contributed by atoms with van der Waals surface area (Å²) in [7, 11) is 0. The van der Waals surface area contributed by atoms with Crippen molar-refractivity contribution in [2.24, 2.45) is 4.99 Å². The van der Waals surface area contributed by atoms with Crippen LogP contribution >= 0.6 is 0 Å². The summed E-state index contributed by atoms with van der Waals surface area (Å²) in [6.45, 7) is 7.70. The Labute approximate surface area is 63.2 Å². The molecule has 0 aromatic heterocycles. The second-order valence-corrected chi connectivity index (χ2v) is 2.04. The molecule has 0 amide bonds. The summed E-state index contributed by atoms with van der Waals surface area (Å²) in [6, 6.07) is 0. The topological polar surface area (TPSA) is 12.4 Å². The minimum Gasteiger partial charge on any atom is -0.269 e. The van der Waals surface area contributed by atoms with Crippen molar-refractivity contribution in [3.05, 3.63) is 24.4 Å². The zero-order valence-corrected chi connectivity index (χ0v) is 6.80. The highest BCUT2D eigenvalue weighted by atomic mass is 14.7. The van der Waals surface area contributed by atoms with Gasteiger partial charge in [-0.2, -0.15) is 0 Å². The molecule has 10 heavy (non-hydrogen) atoms. The first-order valence-corrected chi connectivity index (χ1v) is 3.61. The molecule has 0 bridgehead atoms. The van der Waals surface area contributed by atoms with Gasteiger partial charge < -0.3 is 0 Å². The molecule has 56 valence electrons. The maximum Gasteiger partial charge on any atom is 0.0258 e. The molecule has 0 rings (SSSR count). The number of nitrogens with zero attached hydrogens (tertiary/aromatic N) is 1. The third-order valence-corrected chi connectivity index (χ3v) is 1.27. The van der Waals surface area contributed by atoms with Gasteiger partial charge in [-0.15, -0.1) is 6.58 Å². The summed E-state index contributed by atoms with van der Waals surface area (Å²) < 4.78 is 0. The number of hydrogen-bond donors (Lipinski definition) is 0. The maximum absolute atomic E-state index is 4.03. The van der Waals surface area contributed by atoms with Gasteiger partial charge in [0.15, 0.2) is 0 Å². The van der Waals surface area contributed by atoms with E-state index in [1.807, 2.05) is 19.2 Å². The van der Waals surface area contributed by atoms with Crippen LogP contribution < -0.4 is 0 Å². The lowest BCUT2D eigenvalue weighted by Gasteiger charge is -1.95. The lowest BCUT2D eigenvalue weighted by molar-refractivity contribution is 1.02. The van der Waals surface area contributed by atoms with Gasteiger partial charge in [0.2, 0.25) is 0 Å². The van der Waals surface area contributed by atoms with E-state index in [1.54, 1.807) is 6.21 Å². The summed E-state index contributed by atoms with van der Waals surface area (Å²) in [5.74, 6) is 0. The number of allylic oxidation sites excluding steroid dienone is 2. The quantitative estimate of drug-likeness (QED) is 0.417. The van der Waals surface area contributed by atoms with Gasteiger partial charge in [-0.25, -0.2) is 0 Å². The maximum atomic E-state index is 4.03. The van der Waals surface area contributed by atoms with E-state index in [0.29, 0.717) is 0 Å². The molecule has 0 atom stereocenters. The Hall–Kier alpha value is -0.850. The average Bonchev–Trinajstić information content (AvgIpc) is 1.98. The van der Waals surface area contributed by atoms with Gasteiger partial charge in [0.1, 0.15) is 0 Å². The van der Waals surface area contributed by atoms with Crippen molar-refractivity contribution < 1.29 is 0 Å². The predicted octanol–water partition coefficient (Wildman–Crippen LogP) is 2.95. The Morgan fingerprint density at radius 1 is 1.60 bits per heavy atom. The van der Waals surface area contributed by atoms with Gasteiger partial charge in [-0.1, -0.05) is 13.0 Å². The average molecular weight is 137 g/mol. The molecule has 0 unspecified atom stereocenters. The number of hydrogen-bond acceptors (Lipinski definition) is 1. The van der Waals surface area contributed by atoms with Crippen LogP contribution in [-0.2, 0) is 0 Å². The molecule has 0 saturated heterocycles. The minimum atomic E-state index is 0.952. The molecule has 0 aliphatic carbocycles. The van der Waals surface area contributed by atoms with E-state index < -0.39 is 0 Å². The van der Waals surface area contributed by atoms with Crippen LogP contribution in [0.4, 0.5) is 0 Å². The fourth-order valence-electron chi connectivity index (χ4n) is 0.654. The molecule has 1 heteroatoms. The first kappa shape index (κ1) is 9.15. The fraction of sp³-hybridized carbons (Fsp3) is 0.444. The molecule has 0 N–H and O–H groups in total. The molecule has 0 saturated carbocycles. The fourth-order valence-corrected chi connectivity index (χ4v) is 0.654. The Morgan fingerprint density at radius 2 is 2.30 bits per heavy atom. The van der Waals surface area contributed by atoms with Crippen molar-refractivity contribution in [3.63, 3.8) is 0 Å². The second-order valence-electron chi connectivity index (χ2n) is 2.04. The van der Waals surface area contributed by atoms with E-state index in [1.165, 1.54) is 5.57 Å². The lowest BCUT2D eigenvalue weighted by Crippen LogP contribution is -1.76. The first-order chi connectivity index (χ1) is 4.85. The van der Waals surface area contributed by atoms with Gasteiger partial charge in [0, 0.05) is 12.4 Å². The minimum absolute atomic E-state index is 0.952. The van der Waals surface area contributed by atoms with E-state index in [9.17, 15) is 0 Å². The second kappa shape index (κ2) is 6.27. The first-order valence-electron chi connectivity index (χ1n) is 3.61. The SMILES string of the molecule is C=CCC(=CN=CC)CC. The Kier molecular flexibility index (Phi) is 5.74. The van der Waals surface area contributed by atoms with Crippen LogP contribution in [0.1, 0.15) is 26.7 Å². The lowest BCUT2D eigenvalue weighted by atomic mass is 10.1. The van der Waals surface area contributed by atoms with Crippen LogP contribution in [0.5, 0.6) is 0 Å². The standard InChI is InChI=1S/C9H15N/c1-4-7-9(5-2)8-10-6-3/h4,6,8H,1,5,7H2,2-3H3. The molecule has 0 heterocycles. The molecular formula is C9H15N. The summed E-state index contributed by atoms with van der Waals surface area (Å²) in [5.41, 5.74) is 1.33. The third kappa shape index (κ3) is 4.07. The molecular weight excluding hydrogens is 122 g/mol. The van der Waals surface area contributed by atoms with Crippen molar-refractivity contribution in [2.75, 3.05) is 0 Å². The van der Waals surface area contributed by atoms with Gasteiger partial charge in [-0.3, -0.25) is 4.99 Å². The van der Waals surface area contributed by atoms with Gasteiger partial charge in [0.05, 0.1) is 0 Å². The Bertz CT molecular complexity index is 143. The molecule has 0 aromatic rings. The molecule has 1 nitrogen and oxygen atoms in total. The molecule has 0 aliphatic heterocycles. The molecule has 0 aromatic carbocycles. The van der Waals surface area contributed by atoms with Crippen molar-refractivity contribution in [2.45, 2.75) is 26.7 Å². The van der Waals surface area contributed by atoms with Gasteiger partial charge in [-0.05, 0) is 25.3 Å². The highest BCUT2D eigenvalue weighted by Crippen LogP contribution is 2.05. The van der Waals surface area contributed by atoms with Crippen LogP contribution in [0, 0.1) is 0 Å². The highest BCUT2D eigenvalue weighted by molar-refractivity contribution is 5.54. The number of aliphatic imine (C=N–C) groups is 1. The van der Waals surface area contributed by atoms with E-state index >= 15 is 0 Å². The highest BCUT2D eigenvalue weighted by Gasteiger charge is 1.86. The summed E-state index contributed by atoms with van der Waals surface area (Å²) in [6.07, 6.45) is 7.61. The van der Waals surface area contributed by atoms with Crippen LogP contribution in [0.15, 0.2) is 29.4 Å². The van der Waals surface area contributed by atoms with E-state index in [0.717, 1.165) is 12.8 Å². The molecule has 0 radical (unpaired) electrons. The summed E-state index contributed by atoms with van der Waals surface area (Å²) in [4.78, 5) is 4.03. The van der Waals surface area contributed by atoms with Crippen LogP contribution in [0.25, 0.3) is 0 Å². The van der Waals surface area contributed by atoms with E-state index in [2.05, 4.69) is 18.5 Å². The van der Waals surface area contributed by atoms with Crippen LogP contribution in [0.3, 0.4) is 0 Å². The summed E-state index contributed by atoms with van der Waals surface area (Å²) >= 11 is 0. The van der Waals surface area contributed by atoms with Crippen molar-refractivity contribution in [1.29, 1.82) is 0 Å². The van der Waals surface area contributed by atoms with Gasteiger partial charge in [0.25, 0.3) is 0 Å². The van der Waals surface area contributed by atoms with E-state index in [-0.39, 0.29) is 0 Å². The zero-order valence-electron chi connectivity index (χ0n) is 6.80. The Morgan fingerprint density at radius 3 is 2.70 bits per heavy atom. The Balaban J connectivity index is 3.89. The molecule has 0 aliphatic rings. The van der Waals surface area contributed by atoms with E-state index in [4.69, 9.17) is 0 Å². The monoisotopic (exact) mass is 137 g/mol. The van der Waals surface area contributed by atoms with Crippen LogP contribution in [-0.4, -0.2) is 6.21 Å². The normalized spacial score (nSPS) is 12.4. The molecule has 0 spiro atoms. The predicted molar refractivity (Wildman–Crippen MR) is 47.4 cm³/mol. The van der Waals surface area contributed by atoms with Gasteiger partial charge >= 0.3 is 0 Å². The largest absolute Gasteiger partial charge is 0.269 e. The number of rotatable bonds is 4. The zero-order chi connectivity index (χ0) is 7.82. The van der Waals surface area contributed by atoms with Crippen molar-refractivity contribution in [1.82, 2.24) is 0 Å². The smallest absolute Gasteiger partial charge is 0.0258 e. The summed E-state index contributed by atoms with van der Waals surface area (Å²) in [5, 5.41) is 0. The van der Waals surface area contributed by atoms with Crippen LogP contribution in [0.2, 0.25) is 0 Å². The van der Waals surface area contributed by atoms with Crippen molar-refractivity contribution >= 4 is 6.21 Å².